The minimum Gasteiger partial charge on any atom is -0.297 e. The highest BCUT2D eigenvalue weighted by atomic mass is 19.1. The Morgan fingerprint density at radius 3 is 2.80 bits per heavy atom. The fourth-order valence-corrected chi connectivity index (χ4v) is 3.08. The number of aromatic nitrogens is 2. The summed E-state index contributed by atoms with van der Waals surface area (Å²) in [5.74, 6) is 0.451. The van der Waals surface area contributed by atoms with Crippen molar-refractivity contribution in [3.63, 3.8) is 0 Å². The number of benzene rings is 1. The van der Waals surface area contributed by atoms with E-state index in [0.29, 0.717) is 5.92 Å². The highest BCUT2D eigenvalue weighted by molar-refractivity contribution is 5.20. The Labute approximate surface area is 118 Å². The summed E-state index contributed by atoms with van der Waals surface area (Å²) >= 11 is 0. The molecule has 1 aromatic carbocycles. The van der Waals surface area contributed by atoms with Crippen LogP contribution in [0.1, 0.15) is 42.9 Å². The maximum Gasteiger partial charge on any atom is 0.123 e. The molecule has 1 fully saturated rings. The first kappa shape index (κ1) is 13.3. The van der Waals surface area contributed by atoms with Crippen LogP contribution in [-0.4, -0.2) is 28.2 Å². The summed E-state index contributed by atoms with van der Waals surface area (Å²) in [6, 6.07) is 7.22. The van der Waals surface area contributed by atoms with Crippen molar-refractivity contribution >= 4 is 0 Å². The van der Waals surface area contributed by atoms with Crippen LogP contribution >= 0.6 is 0 Å². The van der Waals surface area contributed by atoms with Gasteiger partial charge in [0.05, 0.1) is 6.20 Å². The van der Waals surface area contributed by atoms with Crippen LogP contribution in [-0.2, 0) is 0 Å². The zero-order valence-electron chi connectivity index (χ0n) is 11.7. The van der Waals surface area contributed by atoms with Crippen molar-refractivity contribution in [1.82, 2.24) is 15.1 Å². The van der Waals surface area contributed by atoms with Crippen molar-refractivity contribution in [1.29, 1.82) is 0 Å². The van der Waals surface area contributed by atoms with E-state index in [9.17, 15) is 4.39 Å². The van der Waals surface area contributed by atoms with Gasteiger partial charge >= 0.3 is 0 Å². The molecule has 20 heavy (non-hydrogen) atoms. The minimum atomic E-state index is -0.150. The third-order valence-electron chi connectivity index (χ3n) is 4.40. The number of halogens is 1. The van der Waals surface area contributed by atoms with Gasteiger partial charge in [-0.3, -0.25) is 10.00 Å². The molecule has 3 nitrogen and oxygen atoms in total. The Bertz CT molecular complexity index is 545. The van der Waals surface area contributed by atoms with Crippen LogP contribution in [0.3, 0.4) is 0 Å². The molecule has 3 rings (SSSR count). The van der Waals surface area contributed by atoms with Crippen LogP contribution in [0.15, 0.2) is 36.7 Å². The Balaban J connectivity index is 1.63. The normalized spacial score (nSPS) is 19.1. The fourth-order valence-electron chi connectivity index (χ4n) is 3.08. The smallest absolute Gasteiger partial charge is 0.123 e. The van der Waals surface area contributed by atoms with Crippen molar-refractivity contribution in [2.75, 3.05) is 13.1 Å². The lowest BCUT2D eigenvalue weighted by Crippen LogP contribution is -2.35. The maximum atomic E-state index is 13.3. The molecule has 0 spiro atoms. The molecule has 0 saturated carbocycles. The third-order valence-corrected chi connectivity index (χ3v) is 4.40. The molecule has 106 valence electrons. The minimum absolute atomic E-state index is 0.150. The molecule has 1 saturated heterocycles. The summed E-state index contributed by atoms with van der Waals surface area (Å²) in [4.78, 5) is 2.44. The number of hydrogen-bond donors (Lipinski definition) is 1. The molecule has 4 heteroatoms. The highest BCUT2D eigenvalue weighted by Gasteiger charge is 2.24. The second-order valence-electron chi connectivity index (χ2n) is 5.57. The molecule has 1 aliphatic rings. The van der Waals surface area contributed by atoms with Crippen LogP contribution in [0, 0.1) is 5.82 Å². The van der Waals surface area contributed by atoms with Crippen molar-refractivity contribution in [3.05, 3.63) is 53.6 Å². The van der Waals surface area contributed by atoms with Crippen LogP contribution < -0.4 is 0 Å². The number of likely N-dealkylation sites (tertiary alicyclic amines) is 1. The van der Waals surface area contributed by atoms with E-state index in [0.717, 1.165) is 31.5 Å². The molecule has 0 radical (unpaired) electrons. The largest absolute Gasteiger partial charge is 0.297 e. The van der Waals surface area contributed by atoms with Crippen molar-refractivity contribution < 1.29 is 4.39 Å². The van der Waals surface area contributed by atoms with E-state index in [2.05, 4.69) is 22.0 Å². The van der Waals surface area contributed by atoms with E-state index in [1.165, 1.54) is 11.6 Å². The van der Waals surface area contributed by atoms with Crippen LogP contribution in [0.5, 0.6) is 0 Å². The summed E-state index contributed by atoms with van der Waals surface area (Å²) < 4.78 is 13.3. The van der Waals surface area contributed by atoms with Crippen LogP contribution in [0.25, 0.3) is 0 Å². The molecular formula is C16H20FN3. The van der Waals surface area contributed by atoms with E-state index in [1.807, 2.05) is 18.5 Å². The Hall–Kier alpha value is -1.68. The molecule has 2 heterocycles. The van der Waals surface area contributed by atoms with Gasteiger partial charge in [-0.15, -0.1) is 0 Å². The monoisotopic (exact) mass is 273 g/mol. The second kappa shape index (κ2) is 5.75. The lowest BCUT2D eigenvalue weighted by atomic mass is 9.90. The number of piperidine rings is 1. The highest BCUT2D eigenvalue weighted by Crippen LogP contribution is 2.31. The van der Waals surface area contributed by atoms with Gasteiger partial charge in [0.1, 0.15) is 5.82 Å². The second-order valence-corrected chi connectivity index (χ2v) is 5.57. The first-order valence-electron chi connectivity index (χ1n) is 7.22. The van der Waals surface area contributed by atoms with Gasteiger partial charge in [0, 0.05) is 12.2 Å². The summed E-state index contributed by atoms with van der Waals surface area (Å²) in [5.41, 5.74) is 2.37. The molecule has 1 N–H and O–H groups in total. The zero-order chi connectivity index (χ0) is 13.9. The molecule has 0 bridgehead atoms. The molecular weight excluding hydrogens is 253 g/mol. The zero-order valence-corrected chi connectivity index (χ0v) is 11.7. The third kappa shape index (κ3) is 2.75. The van der Waals surface area contributed by atoms with Gasteiger partial charge in [0.15, 0.2) is 0 Å². The van der Waals surface area contributed by atoms with E-state index >= 15 is 0 Å². The van der Waals surface area contributed by atoms with Crippen molar-refractivity contribution in [3.8, 4) is 0 Å². The number of aromatic amines is 1. The molecule has 2 aromatic rings. The topological polar surface area (TPSA) is 31.9 Å². The lowest BCUT2D eigenvalue weighted by molar-refractivity contribution is 0.162. The van der Waals surface area contributed by atoms with Gasteiger partial charge in [0.25, 0.3) is 0 Å². The van der Waals surface area contributed by atoms with Gasteiger partial charge in [-0.1, -0.05) is 12.1 Å². The predicted octanol–water partition coefficient (Wildman–Crippen LogP) is 3.49. The standard InChI is InChI=1S/C16H20FN3/c1-12(14-3-2-4-16(17)9-14)20-7-5-13(6-8-20)15-10-18-19-11-15/h2-4,9-13H,5-8H2,1H3,(H,18,19). The molecule has 1 aliphatic heterocycles. The number of nitrogens with zero attached hydrogens (tertiary/aromatic N) is 2. The number of nitrogens with one attached hydrogen (secondary N) is 1. The maximum absolute atomic E-state index is 13.3. The number of hydrogen-bond acceptors (Lipinski definition) is 2. The number of H-pyrrole nitrogens is 1. The predicted molar refractivity (Wildman–Crippen MR) is 77.0 cm³/mol. The molecule has 0 amide bonds. The van der Waals surface area contributed by atoms with Gasteiger partial charge < -0.3 is 0 Å². The first-order valence-corrected chi connectivity index (χ1v) is 7.22. The van der Waals surface area contributed by atoms with Gasteiger partial charge in [-0.2, -0.15) is 5.10 Å². The number of rotatable bonds is 3. The average molecular weight is 273 g/mol. The Morgan fingerprint density at radius 2 is 2.15 bits per heavy atom. The lowest BCUT2D eigenvalue weighted by Gasteiger charge is -2.36. The quantitative estimate of drug-likeness (QED) is 0.928. The molecule has 0 aliphatic carbocycles. The first-order chi connectivity index (χ1) is 9.74. The van der Waals surface area contributed by atoms with E-state index < -0.39 is 0 Å². The Morgan fingerprint density at radius 1 is 1.35 bits per heavy atom. The SMILES string of the molecule is CC(c1cccc(F)c1)N1CCC(c2cn[nH]c2)CC1. The van der Waals surface area contributed by atoms with Gasteiger partial charge in [0.2, 0.25) is 0 Å². The summed E-state index contributed by atoms with van der Waals surface area (Å²) in [5, 5.41) is 6.92. The Kier molecular flexibility index (Phi) is 3.83. The van der Waals surface area contributed by atoms with Crippen molar-refractivity contribution in [2.45, 2.75) is 31.7 Å². The van der Waals surface area contributed by atoms with Crippen LogP contribution in [0.4, 0.5) is 4.39 Å². The molecule has 1 atom stereocenters. The molecule has 1 aromatic heterocycles. The molecule has 1 unspecified atom stereocenters. The van der Waals surface area contributed by atoms with E-state index in [4.69, 9.17) is 0 Å². The summed E-state index contributed by atoms with van der Waals surface area (Å²) in [6.07, 6.45) is 6.20. The van der Waals surface area contributed by atoms with Gasteiger partial charge in [-0.25, -0.2) is 4.39 Å². The summed E-state index contributed by atoms with van der Waals surface area (Å²) in [6.45, 7) is 4.26. The van der Waals surface area contributed by atoms with E-state index in [-0.39, 0.29) is 11.9 Å². The average Bonchev–Trinajstić information content (AvgIpc) is 3.01. The summed E-state index contributed by atoms with van der Waals surface area (Å²) in [7, 11) is 0. The fraction of sp³-hybridized carbons (Fsp3) is 0.438. The van der Waals surface area contributed by atoms with Crippen LogP contribution in [0.2, 0.25) is 0 Å². The van der Waals surface area contributed by atoms with E-state index in [1.54, 1.807) is 12.1 Å². The van der Waals surface area contributed by atoms with Gasteiger partial charge in [-0.05, 0) is 62.0 Å². The van der Waals surface area contributed by atoms with Crippen molar-refractivity contribution in [2.24, 2.45) is 0 Å².